The molecule has 0 saturated carbocycles. The first-order chi connectivity index (χ1) is 14.4. The van der Waals surface area contributed by atoms with Gasteiger partial charge < -0.3 is 0 Å². The second kappa shape index (κ2) is 8.61. The number of benzene rings is 3. The minimum absolute atomic E-state index is 0.137. The van der Waals surface area contributed by atoms with E-state index < -0.39 is 0 Å². The van der Waals surface area contributed by atoms with Crippen LogP contribution in [0.2, 0.25) is 15.1 Å². The van der Waals surface area contributed by atoms with Crippen molar-refractivity contribution < 1.29 is 4.79 Å². The number of aryl methyl sites for hydroxylation is 1. The highest BCUT2D eigenvalue weighted by Gasteiger charge is 2.18. The number of hydrogen-bond acceptors (Lipinski definition) is 2. The molecule has 0 N–H and O–H groups in total. The van der Waals surface area contributed by atoms with E-state index in [0.717, 1.165) is 27.6 Å². The summed E-state index contributed by atoms with van der Waals surface area (Å²) in [4.78, 5) is 17.9. The van der Waals surface area contributed by atoms with Crippen LogP contribution in [0.3, 0.4) is 0 Å². The second-order valence-corrected chi connectivity index (χ2v) is 8.09. The Kier molecular flexibility index (Phi) is 5.92. The highest BCUT2D eigenvalue weighted by Crippen LogP contribution is 2.34. The highest BCUT2D eigenvalue weighted by molar-refractivity contribution is 6.42. The SMILES string of the molecule is Cc1nc2ccccc2c(-c2ccc(Cl)cc2)c1C(=O)C=Cc1ccc(Cl)c(Cl)c1. The first-order valence-electron chi connectivity index (χ1n) is 9.27. The third-order valence-electron chi connectivity index (χ3n) is 4.82. The van der Waals surface area contributed by atoms with Crippen molar-refractivity contribution in [2.24, 2.45) is 0 Å². The van der Waals surface area contributed by atoms with Crippen LogP contribution in [0.4, 0.5) is 0 Å². The van der Waals surface area contributed by atoms with Crippen LogP contribution in [0.15, 0.2) is 72.8 Å². The van der Waals surface area contributed by atoms with Crippen LogP contribution >= 0.6 is 34.8 Å². The Morgan fingerprint density at radius 3 is 2.37 bits per heavy atom. The van der Waals surface area contributed by atoms with Crippen LogP contribution in [-0.2, 0) is 0 Å². The molecule has 0 radical (unpaired) electrons. The molecule has 4 rings (SSSR count). The molecular formula is C25H16Cl3NO. The Morgan fingerprint density at radius 2 is 1.63 bits per heavy atom. The van der Waals surface area contributed by atoms with Gasteiger partial charge in [-0.15, -0.1) is 0 Å². The van der Waals surface area contributed by atoms with Gasteiger partial charge in [-0.25, -0.2) is 0 Å². The molecule has 148 valence electrons. The molecule has 0 fully saturated rings. The van der Waals surface area contributed by atoms with Gasteiger partial charge in [-0.1, -0.05) is 77.3 Å². The summed E-state index contributed by atoms with van der Waals surface area (Å²) >= 11 is 18.1. The summed E-state index contributed by atoms with van der Waals surface area (Å²) in [5.74, 6) is -0.137. The Morgan fingerprint density at radius 1 is 0.900 bits per heavy atom. The van der Waals surface area contributed by atoms with Gasteiger partial charge in [0.05, 0.1) is 21.1 Å². The molecule has 3 aromatic carbocycles. The van der Waals surface area contributed by atoms with Crippen molar-refractivity contribution in [2.75, 3.05) is 0 Å². The van der Waals surface area contributed by atoms with E-state index in [1.54, 1.807) is 18.2 Å². The lowest BCUT2D eigenvalue weighted by Crippen LogP contribution is -2.05. The molecule has 30 heavy (non-hydrogen) atoms. The lowest BCUT2D eigenvalue weighted by atomic mass is 9.92. The molecule has 2 nitrogen and oxygen atoms in total. The molecule has 1 aromatic heterocycles. The number of pyridine rings is 1. The van der Waals surface area contributed by atoms with E-state index in [2.05, 4.69) is 4.98 Å². The van der Waals surface area contributed by atoms with Gasteiger partial charge in [-0.05, 0) is 54.5 Å². The van der Waals surface area contributed by atoms with E-state index in [0.29, 0.717) is 26.3 Å². The van der Waals surface area contributed by atoms with Crippen molar-refractivity contribution in [2.45, 2.75) is 6.92 Å². The average Bonchev–Trinajstić information content (AvgIpc) is 2.74. The standard InChI is InChI=1S/C25H16Cl3NO/c1-15-24(23(30)13-7-16-6-12-20(27)21(28)14-16)25(17-8-10-18(26)11-9-17)19-4-2-3-5-22(19)29-15/h2-14H,1H3. The molecule has 4 aromatic rings. The summed E-state index contributed by atoms with van der Waals surface area (Å²) in [5.41, 5.74) is 4.61. The van der Waals surface area contributed by atoms with Crippen molar-refractivity contribution in [3.05, 3.63) is 105 Å². The van der Waals surface area contributed by atoms with Crippen LogP contribution < -0.4 is 0 Å². The number of allylic oxidation sites excluding steroid dienone is 1. The Labute approximate surface area is 189 Å². The number of fused-ring (bicyclic) bond motifs is 1. The van der Waals surface area contributed by atoms with Crippen molar-refractivity contribution in [1.29, 1.82) is 0 Å². The number of halogens is 3. The van der Waals surface area contributed by atoms with E-state index >= 15 is 0 Å². The predicted molar refractivity (Wildman–Crippen MR) is 127 cm³/mol. The van der Waals surface area contributed by atoms with Gasteiger partial charge in [-0.3, -0.25) is 9.78 Å². The zero-order valence-electron chi connectivity index (χ0n) is 16.0. The van der Waals surface area contributed by atoms with Gasteiger partial charge in [0.1, 0.15) is 0 Å². The zero-order chi connectivity index (χ0) is 21.3. The van der Waals surface area contributed by atoms with Gasteiger partial charge >= 0.3 is 0 Å². The third-order valence-corrected chi connectivity index (χ3v) is 5.81. The lowest BCUT2D eigenvalue weighted by molar-refractivity contribution is 0.104. The van der Waals surface area contributed by atoms with E-state index in [1.807, 2.05) is 61.5 Å². The first kappa shape index (κ1) is 20.6. The Hall–Kier alpha value is -2.65. The van der Waals surface area contributed by atoms with Crippen molar-refractivity contribution in [3.63, 3.8) is 0 Å². The third kappa shape index (κ3) is 4.13. The number of nitrogens with zero attached hydrogens (tertiary/aromatic N) is 1. The van der Waals surface area contributed by atoms with Gasteiger partial charge in [0, 0.05) is 21.7 Å². The van der Waals surface area contributed by atoms with Crippen LogP contribution in [-0.4, -0.2) is 10.8 Å². The molecule has 1 heterocycles. The minimum atomic E-state index is -0.137. The highest BCUT2D eigenvalue weighted by atomic mass is 35.5. The number of ketones is 1. The lowest BCUT2D eigenvalue weighted by Gasteiger charge is -2.14. The first-order valence-corrected chi connectivity index (χ1v) is 10.4. The molecule has 0 aliphatic heterocycles. The monoisotopic (exact) mass is 451 g/mol. The topological polar surface area (TPSA) is 30.0 Å². The average molecular weight is 453 g/mol. The molecule has 0 saturated heterocycles. The number of para-hydroxylation sites is 1. The number of carbonyl (C=O) groups excluding carboxylic acids is 1. The number of aromatic nitrogens is 1. The molecule has 0 bridgehead atoms. The summed E-state index contributed by atoms with van der Waals surface area (Å²) in [6, 6.07) is 20.5. The number of carbonyl (C=O) groups is 1. The molecular weight excluding hydrogens is 437 g/mol. The van der Waals surface area contributed by atoms with E-state index in [9.17, 15) is 4.79 Å². The number of rotatable bonds is 4. The maximum absolute atomic E-state index is 13.3. The Balaban J connectivity index is 1.87. The van der Waals surface area contributed by atoms with E-state index in [4.69, 9.17) is 34.8 Å². The van der Waals surface area contributed by atoms with Crippen LogP contribution in [0.5, 0.6) is 0 Å². The zero-order valence-corrected chi connectivity index (χ0v) is 18.3. The fourth-order valence-corrected chi connectivity index (χ4v) is 3.86. The van der Waals surface area contributed by atoms with Gasteiger partial charge in [-0.2, -0.15) is 0 Å². The Bertz CT molecular complexity index is 1290. The fourth-order valence-electron chi connectivity index (χ4n) is 3.42. The molecule has 5 heteroatoms. The molecule has 0 unspecified atom stereocenters. The molecule has 0 spiro atoms. The summed E-state index contributed by atoms with van der Waals surface area (Å²) in [5, 5.41) is 2.47. The fraction of sp³-hybridized carbons (Fsp3) is 0.0400. The molecule has 0 amide bonds. The summed E-state index contributed by atoms with van der Waals surface area (Å²) < 4.78 is 0. The van der Waals surface area contributed by atoms with Crippen molar-refractivity contribution >= 4 is 57.6 Å². The van der Waals surface area contributed by atoms with Gasteiger partial charge in [0.2, 0.25) is 0 Å². The largest absolute Gasteiger partial charge is 0.289 e. The summed E-state index contributed by atoms with van der Waals surface area (Å²) in [7, 11) is 0. The quantitative estimate of drug-likeness (QED) is 0.231. The number of hydrogen-bond donors (Lipinski definition) is 0. The maximum atomic E-state index is 13.3. The molecule has 0 aliphatic carbocycles. The normalized spacial score (nSPS) is 11.3. The minimum Gasteiger partial charge on any atom is -0.289 e. The summed E-state index contributed by atoms with van der Waals surface area (Å²) in [6.07, 6.45) is 3.27. The molecule has 0 aliphatic rings. The van der Waals surface area contributed by atoms with Crippen LogP contribution in [0.25, 0.3) is 28.1 Å². The molecule has 0 atom stereocenters. The van der Waals surface area contributed by atoms with Gasteiger partial charge in [0.25, 0.3) is 0 Å². The smallest absolute Gasteiger partial charge is 0.188 e. The van der Waals surface area contributed by atoms with Crippen molar-refractivity contribution in [3.8, 4) is 11.1 Å². The van der Waals surface area contributed by atoms with Crippen molar-refractivity contribution in [1.82, 2.24) is 4.98 Å². The van der Waals surface area contributed by atoms with Crippen LogP contribution in [0, 0.1) is 6.92 Å². The maximum Gasteiger partial charge on any atom is 0.188 e. The second-order valence-electron chi connectivity index (χ2n) is 6.84. The van der Waals surface area contributed by atoms with E-state index in [-0.39, 0.29) is 5.78 Å². The van der Waals surface area contributed by atoms with E-state index in [1.165, 1.54) is 6.08 Å². The van der Waals surface area contributed by atoms with Gasteiger partial charge in [0.15, 0.2) is 5.78 Å². The van der Waals surface area contributed by atoms with Crippen LogP contribution in [0.1, 0.15) is 21.6 Å². The predicted octanol–water partition coefficient (Wildman–Crippen LogP) is 8.07. The summed E-state index contributed by atoms with van der Waals surface area (Å²) in [6.45, 7) is 1.85.